The van der Waals surface area contributed by atoms with E-state index in [1.54, 1.807) is 0 Å². The van der Waals surface area contributed by atoms with Gasteiger partial charge in [-0.25, -0.2) is 0 Å². The summed E-state index contributed by atoms with van der Waals surface area (Å²) < 4.78 is 31.2. The van der Waals surface area contributed by atoms with Crippen LogP contribution < -0.4 is 5.32 Å². The molecule has 0 amide bonds. The van der Waals surface area contributed by atoms with Crippen LogP contribution in [0.15, 0.2) is 0 Å². The van der Waals surface area contributed by atoms with Gasteiger partial charge in [-0.3, -0.25) is 4.79 Å². The number of β-amino-alcohol motifs (C(OH)–C–C–N with tert-alkyl or cyclic N) is 1. The maximum Gasteiger partial charge on any atom is 0.446 e. The van der Waals surface area contributed by atoms with E-state index in [1.165, 1.54) is 0 Å². The topological polar surface area (TPSA) is 49.3 Å². The lowest BCUT2D eigenvalue weighted by Crippen LogP contribution is -2.46. The summed E-state index contributed by atoms with van der Waals surface area (Å²) in [6.07, 6.45) is -5.75. The predicted octanol–water partition coefficient (Wildman–Crippen LogP) is -0.302. The van der Waals surface area contributed by atoms with E-state index in [0.29, 0.717) is 0 Å². The summed E-state index contributed by atoms with van der Waals surface area (Å²) in [7, 11) is 0. The average molecular weight is 171 g/mol. The average Bonchev–Trinajstić information content (AvgIpc) is 1.84. The normalized spacial score (nSPS) is 17.8. The van der Waals surface area contributed by atoms with Crippen LogP contribution in [-0.2, 0) is 4.79 Å². The number of hydrogen-bond acceptors (Lipinski definition) is 3. The molecule has 1 aliphatic heterocycles. The minimum Gasteiger partial charge on any atom is -0.390 e. The number of rotatable bonds is 0. The molecule has 1 rings (SSSR count). The number of aliphatic hydroxyl groups excluding tert-OH is 1. The Balaban J connectivity index is 0.000000183. The number of aliphatic hydroxyl groups is 1. The first kappa shape index (κ1) is 10.4. The molecule has 1 heterocycles. The fraction of sp³-hybridized carbons (Fsp3) is 0.800. The van der Waals surface area contributed by atoms with Crippen molar-refractivity contribution in [2.45, 2.75) is 12.3 Å². The highest BCUT2D eigenvalue weighted by molar-refractivity contribution is 5.56. The summed E-state index contributed by atoms with van der Waals surface area (Å²) in [6, 6.07) is 0. The Kier molecular flexibility index (Phi) is 4.06. The molecule has 1 aliphatic rings. The SMILES string of the molecule is O=CC(F)(F)F.OC1CNC1. The van der Waals surface area contributed by atoms with Gasteiger partial charge in [0.1, 0.15) is 0 Å². The van der Waals surface area contributed by atoms with Crippen LogP contribution in [0.25, 0.3) is 0 Å². The van der Waals surface area contributed by atoms with Gasteiger partial charge in [0.15, 0.2) is 0 Å². The van der Waals surface area contributed by atoms with Gasteiger partial charge in [-0.2, -0.15) is 13.2 Å². The first-order valence-electron chi connectivity index (χ1n) is 2.87. The molecule has 1 saturated heterocycles. The molecule has 0 aliphatic carbocycles. The molecule has 0 saturated carbocycles. The van der Waals surface area contributed by atoms with E-state index in [4.69, 9.17) is 9.90 Å². The standard InChI is InChI=1S/C3H7NO.C2HF3O/c5-3-1-4-2-3;3-2(4,5)1-6/h3-5H,1-2H2;1H. The molecule has 0 atom stereocenters. The molecule has 0 aromatic rings. The molecule has 3 nitrogen and oxygen atoms in total. The second-order valence-electron chi connectivity index (χ2n) is 1.97. The number of aldehydes is 1. The first-order valence-corrected chi connectivity index (χ1v) is 2.87. The van der Waals surface area contributed by atoms with E-state index in [1.807, 2.05) is 0 Å². The molecule has 11 heavy (non-hydrogen) atoms. The summed E-state index contributed by atoms with van der Waals surface area (Å²) in [5, 5.41) is 11.3. The van der Waals surface area contributed by atoms with Crippen molar-refractivity contribution < 1.29 is 23.1 Å². The summed E-state index contributed by atoms with van der Waals surface area (Å²) in [5.41, 5.74) is 0. The molecule has 0 unspecified atom stereocenters. The number of hydrogen-bond donors (Lipinski definition) is 2. The monoisotopic (exact) mass is 171 g/mol. The fourth-order valence-corrected chi connectivity index (χ4v) is 0.273. The van der Waals surface area contributed by atoms with Crippen molar-refractivity contribution >= 4 is 6.29 Å². The lowest BCUT2D eigenvalue weighted by atomic mass is 10.2. The zero-order valence-corrected chi connectivity index (χ0v) is 5.56. The largest absolute Gasteiger partial charge is 0.446 e. The Hall–Kier alpha value is -0.620. The van der Waals surface area contributed by atoms with Gasteiger partial charge in [0.2, 0.25) is 6.29 Å². The van der Waals surface area contributed by atoms with Crippen molar-refractivity contribution in [2.24, 2.45) is 0 Å². The zero-order chi connectivity index (χ0) is 8.91. The molecule has 0 bridgehead atoms. The summed E-state index contributed by atoms with van der Waals surface area (Å²) in [5.74, 6) is 0. The van der Waals surface area contributed by atoms with Gasteiger partial charge in [0.25, 0.3) is 0 Å². The fourth-order valence-electron chi connectivity index (χ4n) is 0.273. The van der Waals surface area contributed by atoms with Gasteiger partial charge >= 0.3 is 6.18 Å². The highest BCUT2D eigenvalue weighted by atomic mass is 19.4. The van der Waals surface area contributed by atoms with Gasteiger partial charge in [-0.15, -0.1) is 0 Å². The number of carbonyl (C=O) groups is 1. The Morgan fingerprint density at radius 3 is 1.73 bits per heavy atom. The van der Waals surface area contributed by atoms with Gasteiger partial charge in [0.05, 0.1) is 6.10 Å². The Labute approximate surface area is 61.2 Å². The van der Waals surface area contributed by atoms with Crippen LogP contribution in [0.4, 0.5) is 13.2 Å². The van der Waals surface area contributed by atoms with Crippen LogP contribution in [0, 0.1) is 0 Å². The molecule has 0 aromatic carbocycles. The van der Waals surface area contributed by atoms with E-state index in [2.05, 4.69) is 5.32 Å². The summed E-state index contributed by atoms with van der Waals surface area (Å²) in [4.78, 5) is 8.70. The van der Waals surface area contributed by atoms with Crippen LogP contribution in [0.5, 0.6) is 0 Å². The van der Waals surface area contributed by atoms with Crippen LogP contribution >= 0.6 is 0 Å². The molecular weight excluding hydrogens is 163 g/mol. The predicted molar refractivity (Wildman–Crippen MR) is 31.0 cm³/mol. The molecule has 6 heteroatoms. The van der Waals surface area contributed by atoms with Crippen molar-refractivity contribution in [3.63, 3.8) is 0 Å². The molecule has 1 fully saturated rings. The van der Waals surface area contributed by atoms with E-state index >= 15 is 0 Å². The van der Waals surface area contributed by atoms with Crippen molar-refractivity contribution in [3.05, 3.63) is 0 Å². The third-order valence-corrected chi connectivity index (χ3v) is 0.894. The molecule has 0 radical (unpaired) electrons. The minimum atomic E-state index is -4.64. The van der Waals surface area contributed by atoms with E-state index in [9.17, 15) is 13.2 Å². The molecule has 66 valence electrons. The molecule has 0 spiro atoms. The lowest BCUT2D eigenvalue weighted by Gasteiger charge is -2.20. The lowest BCUT2D eigenvalue weighted by molar-refractivity contribution is -0.156. The Bertz CT molecular complexity index is 121. The number of carbonyl (C=O) groups excluding carboxylic acids is 1. The minimum absolute atomic E-state index is 0.0463. The number of alkyl halides is 3. The van der Waals surface area contributed by atoms with Crippen LogP contribution in [-0.4, -0.2) is 36.8 Å². The first-order chi connectivity index (χ1) is 4.95. The zero-order valence-electron chi connectivity index (χ0n) is 5.56. The summed E-state index contributed by atoms with van der Waals surface area (Å²) >= 11 is 0. The van der Waals surface area contributed by atoms with Crippen LogP contribution in [0.3, 0.4) is 0 Å². The third kappa shape index (κ3) is 7.27. The highest BCUT2D eigenvalue weighted by Crippen LogP contribution is 2.08. The molecule has 2 N–H and O–H groups in total. The third-order valence-electron chi connectivity index (χ3n) is 0.894. The Morgan fingerprint density at radius 1 is 1.45 bits per heavy atom. The van der Waals surface area contributed by atoms with Gasteiger partial charge in [0, 0.05) is 13.1 Å². The van der Waals surface area contributed by atoms with E-state index in [0.717, 1.165) is 13.1 Å². The Morgan fingerprint density at radius 2 is 1.73 bits per heavy atom. The van der Waals surface area contributed by atoms with E-state index < -0.39 is 12.5 Å². The van der Waals surface area contributed by atoms with Crippen LogP contribution in [0.2, 0.25) is 0 Å². The smallest absolute Gasteiger partial charge is 0.390 e. The highest BCUT2D eigenvalue weighted by Gasteiger charge is 2.24. The van der Waals surface area contributed by atoms with Crippen molar-refractivity contribution in [2.75, 3.05) is 13.1 Å². The quantitative estimate of drug-likeness (QED) is 0.492. The van der Waals surface area contributed by atoms with Crippen molar-refractivity contribution in [1.29, 1.82) is 0 Å². The van der Waals surface area contributed by atoms with Crippen LogP contribution in [0.1, 0.15) is 0 Å². The second kappa shape index (κ2) is 4.30. The van der Waals surface area contributed by atoms with Gasteiger partial charge in [-0.05, 0) is 0 Å². The number of nitrogens with one attached hydrogen (secondary N) is 1. The maximum atomic E-state index is 10.4. The second-order valence-corrected chi connectivity index (χ2v) is 1.97. The molecule has 0 aromatic heterocycles. The summed E-state index contributed by atoms with van der Waals surface area (Å²) in [6.45, 7) is 1.58. The van der Waals surface area contributed by atoms with E-state index in [-0.39, 0.29) is 6.10 Å². The van der Waals surface area contributed by atoms with Crippen molar-refractivity contribution in [3.8, 4) is 0 Å². The molecular formula is C5H8F3NO2. The van der Waals surface area contributed by atoms with Crippen molar-refractivity contribution in [1.82, 2.24) is 5.32 Å². The van der Waals surface area contributed by atoms with Gasteiger partial charge in [-0.1, -0.05) is 0 Å². The maximum absolute atomic E-state index is 10.4. The number of halogens is 3. The van der Waals surface area contributed by atoms with Gasteiger partial charge < -0.3 is 10.4 Å².